The fourth-order valence-corrected chi connectivity index (χ4v) is 2.16. The van der Waals surface area contributed by atoms with Gasteiger partial charge in [0.15, 0.2) is 0 Å². The van der Waals surface area contributed by atoms with Crippen molar-refractivity contribution in [2.45, 2.75) is 19.4 Å². The average molecular weight is 255 g/mol. The minimum Gasteiger partial charge on any atom is -0.396 e. The summed E-state index contributed by atoms with van der Waals surface area (Å²) in [6.45, 7) is 2.16. The van der Waals surface area contributed by atoms with Gasteiger partial charge in [-0.3, -0.25) is 0 Å². The Morgan fingerprint density at radius 2 is 1.42 bits per heavy atom. The summed E-state index contributed by atoms with van der Waals surface area (Å²) in [5.41, 5.74) is 2.56. The highest BCUT2D eigenvalue weighted by Crippen LogP contribution is 2.17. The van der Waals surface area contributed by atoms with Crippen LogP contribution in [0.15, 0.2) is 60.7 Å². The molecule has 0 bridgehead atoms. The molecule has 0 aliphatic carbocycles. The molecule has 0 aliphatic rings. The predicted molar refractivity (Wildman–Crippen MR) is 80.3 cm³/mol. The molecule has 0 unspecified atom stereocenters. The molecule has 0 fully saturated rings. The lowest BCUT2D eigenvalue weighted by molar-refractivity contribution is 0.285. The summed E-state index contributed by atoms with van der Waals surface area (Å²) in [5, 5.41) is 8.92. The molecule has 2 heteroatoms. The topological polar surface area (TPSA) is 23.5 Å². The highest BCUT2D eigenvalue weighted by Gasteiger charge is 2.06. The van der Waals surface area contributed by atoms with E-state index in [1.54, 1.807) is 0 Å². The number of aliphatic hydroxyl groups excluding tert-OH is 1. The third-order valence-corrected chi connectivity index (χ3v) is 3.17. The first-order valence-corrected chi connectivity index (χ1v) is 6.85. The zero-order valence-corrected chi connectivity index (χ0v) is 11.2. The normalized spacial score (nSPS) is 10.4. The fraction of sp³-hybridized carbons (Fsp3) is 0.294. The fourth-order valence-electron chi connectivity index (χ4n) is 2.16. The summed E-state index contributed by atoms with van der Waals surface area (Å²) in [4.78, 5) is 2.37. The van der Waals surface area contributed by atoms with Crippen molar-refractivity contribution in [2.75, 3.05) is 18.1 Å². The summed E-state index contributed by atoms with van der Waals surface area (Å²) in [6.07, 6.45) is 1.87. The molecule has 0 spiro atoms. The maximum atomic E-state index is 8.92. The minimum absolute atomic E-state index is 0.272. The molecule has 2 rings (SSSR count). The molecule has 19 heavy (non-hydrogen) atoms. The van der Waals surface area contributed by atoms with Gasteiger partial charge in [0, 0.05) is 25.4 Å². The predicted octanol–water partition coefficient (Wildman–Crippen LogP) is 3.47. The Morgan fingerprint density at radius 1 is 0.789 bits per heavy atom. The van der Waals surface area contributed by atoms with Gasteiger partial charge < -0.3 is 10.0 Å². The van der Waals surface area contributed by atoms with Gasteiger partial charge in [0.05, 0.1) is 0 Å². The van der Waals surface area contributed by atoms with E-state index in [1.165, 1.54) is 11.3 Å². The lowest BCUT2D eigenvalue weighted by atomic mass is 10.2. The first-order valence-electron chi connectivity index (χ1n) is 6.85. The van der Waals surface area contributed by atoms with Gasteiger partial charge in [-0.1, -0.05) is 48.5 Å². The number of hydrogen-bond acceptors (Lipinski definition) is 2. The molecular formula is C17H21NO. The quantitative estimate of drug-likeness (QED) is 0.766. The van der Waals surface area contributed by atoms with Crippen LogP contribution in [-0.2, 0) is 6.54 Å². The van der Waals surface area contributed by atoms with Gasteiger partial charge in [-0.2, -0.15) is 0 Å². The molecule has 0 aliphatic heterocycles. The van der Waals surface area contributed by atoms with Crippen molar-refractivity contribution in [1.82, 2.24) is 0 Å². The van der Waals surface area contributed by atoms with Crippen LogP contribution in [0.2, 0.25) is 0 Å². The van der Waals surface area contributed by atoms with Crippen LogP contribution < -0.4 is 4.90 Å². The molecule has 0 radical (unpaired) electrons. The van der Waals surface area contributed by atoms with Gasteiger partial charge in [-0.15, -0.1) is 0 Å². The van der Waals surface area contributed by atoms with Crippen LogP contribution in [0.3, 0.4) is 0 Å². The summed E-state index contributed by atoms with van der Waals surface area (Å²) < 4.78 is 0. The lowest BCUT2D eigenvalue weighted by Gasteiger charge is -2.25. The zero-order chi connectivity index (χ0) is 13.3. The largest absolute Gasteiger partial charge is 0.396 e. The Kier molecular flexibility index (Phi) is 5.45. The Labute approximate surface area is 115 Å². The van der Waals surface area contributed by atoms with Crippen LogP contribution in [0.25, 0.3) is 0 Å². The van der Waals surface area contributed by atoms with Crippen molar-refractivity contribution < 1.29 is 5.11 Å². The van der Waals surface area contributed by atoms with E-state index in [0.29, 0.717) is 0 Å². The second-order valence-electron chi connectivity index (χ2n) is 4.67. The molecule has 0 amide bonds. The van der Waals surface area contributed by atoms with Crippen LogP contribution in [0.4, 0.5) is 5.69 Å². The maximum absolute atomic E-state index is 8.92. The van der Waals surface area contributed by atoms with E-state index in [1.807, 2.05) is 12.1 Å². The highest BCUT2D eigenvalue weighted by atomic mass is 16.2. The minimum atomic E-state index is 0.272. The SMILES string of the molecule is OCCCCN(Cc1ccccc1)c1ccccc1. The van der Waals surface area contributed by atoms with E-state index in [-0.39, 0.29) is 6.61 Å². The summed E-state index contributed by atoms with van der Waals surface area (Å²) in [6, 6.07) is 21.0. The Morgan fingerprint density at radius 3 is 2.05 bits per heavy atom. The smallest absolute Gasteiger partial charge is 0.0431 e. The van der Waals surface area contributed by atoms with Crippen molar-refractivity contribution >= 4 is 5.69 Å². The van der Waals surface area contributed by atoms with E-state index < -0.39 is 0 Å². The molecule has 0 aromatic heterocycles. The van der Waals surface area contributed by atoms with E-state index in [2.05, 4.69) is 53.4 Å². The molecule has 2 aromatic carbocycles. The molecule has 2 aromatic rings. The third-order valence-electron chi connectivity index (χ3n) is 3.17. The van der Waals surface area contributed by atoms with Crippen molar-refractivity contribution in [3.8, 4) is 0 Å². The van der Waals surface area contributed by atoms with E-state index >= 15 is 0 Å². The monoisotopic (exact) mass is 255 g/mol. The summed E-state index contributed by atoms with van der Waals surface area (Å²) >= 11 is 0. The number of unbranched alkanes of at least 4 members (excludes halogenated alkanes) is 1. The Bertz CT molecular complexity index is 455. The number of hydrogen-bond donors (Lipinski definition) is 1. The van der Waals surface area contributed by atoms with Crippen LogP contribution >= 0.6 is 0 Å². The average Bonchev–Trinajstić information content (AvgIpc) is 2.48. The van der Waals surface area contributed by atoms with E-state index in [9.17, 15) is 0 Å². The van der Waals surface area contributed by atoms with Crippen molar-refractivity contribution in [3.05, 3.63) is 66.2 Å². The molecule has 0 heterocycles. The number of nitrogens with zero attached hydrogens (tertiary/aromatic N) is 1. The highest BCUT2D eigenvalue weighted by molar-refractivity contribution is 5.46. The molecule has 0 saturated carbocycles. The number of anilines is 1. The Hall–Kier alpha value is -1.80. The molecule has 2 nitrogen and oxygen atoms in total. The standard InChI is InChI=1S/C17H21NO/c19-14-8-7-13-18(17-11-5-2-6-12-17)15-16-9-3-1-4-10-16/h1-6,9-12,19H,7-8,13-15H2. The second-order valence-corrected chi connectivity index (χ2v) is 4.67. The first kappa shape index (κ1) is 13.6. The van der Waals surface area contributed by atoms with Gasteiger partial charge in [-0.05, 0) is 30.5 Å². The number of benzene rings is 2. The number of aliphatic hydroxyl groups is 1. The number of rotatable bonds is 7. The molecular weight excluding hydrogens is 234 g/mol. The van der Waals surface area contributed by atoms with Crippen LogP contribution in [0.5, 0.6) is 0 Å². The maximum Gasteiger partial charge on any atom is 0.0431 e. The molecule has 1 N–H and O–H groups in total. The summed E-state index contributed by atoms with van der Waals surface area (Å²) in [5.74, 6) is 0. The van der Waals surface area contributed by atoms with Crippen molar-refractivity contribution in [3.63, 3.8) is 0 Å². The second kappa shape index (κ2) is 7.59. The van der Waals surface area contributed by atoms with Gasteiger partial charge in [0.25, 0.3) is 0 Å². The van der Waals surface area contributed by atoms with Crippen LogP contribution in [0.1, 0.15) is 18.4 Å². The molecule has 0 atom stereocenters. The van der Waals surface area contributed by atoms with Gasteiger partial charge in [0.2, 0.25) is 0 Å². The van der Waals surface area contributed by atoms with E-state index in [4.69, 9.17) is 5.11 Å². The summed E-state index contributed by atoms with van der Waals surface area (Å²) in [7, 11) is 0. The van der Waals surface area contributed by atoms with Gasteiger partial charge in [-0.25, -0.2) is 0 Å². The van der Waals surface area contributed by atoms with Crippen molar-refractivity contribution in [1.29, 1.82) is 0 Å². The van der Waals surface area contributed by atoms with Gasteiger partial charge in [0.1, 0.15) is 0 Å². The van der Waals surface area contributed by atoms with Crippen LogP contribution in [0, 0.1) is 0 Å². The van der Waals surface area contributed by atoms with E-state index in [0.717, 1.165) is 25.9 Å². The Balaban J connectivity index is 2.06. The van der Waals surface area contributed by atoms with Crippen molar-refractivity contribution in [2.24, 2.45) is 0 Å². The first-order chi connectivity index (χ1) is 9.40. The molecule has 100 valence electrons. The van der Waals surface area contributed by atoms with Gasteiger partial charge >= 0.3 is 0 Å². The van der Waals surface area contributed by atoms with Crippen LogP contribution in [-0.4, -0.2) is 18.3 Å². The third kappa shape index (κ3) is 4.42. The molecule has 0 saturated heterocycles. The number of para-hydroxylation sites is 1. The lowest BCUT2D eigenvalue weighted by Crippen LogP contribution is -2.24. The zero-order valence-electron chi connectivity index (χ0n) is 11.2.